The van der Waals surface area contributed by atoms with E-state index in [4.69, 9.17) is 4.74 Å². The molecule has 0 radical (unpaired) electrons. The number of guanidine groups is 1. The van der Waals surface area contributed by atoms with Crippen molar-refractivity contribution >= 4 is 17.3 Å². The molecule has 2 rings (SSSR count). The molecule has 1 aromatic carbocycles. The fourth-order valence-electron chi connectivity index (χ4n) is 2.04. The topological polar surface area (TPSA) is 58.5 Å². The highest BCUT2D eigenvalue weighted by Gasteiger charge is 2.00. The second-order valence-corrected chi connectivity index (χ2v) is 6.02. The van der Waals surface area contributed by atoms with Crippen molar-refractivity contribution in [2.24, 2.45) is 4.99 Å². The van der Waals surface area contributed by atoms with Crippen LogP contribution in [0, 0.1) is 6.92 Å². The van der Waals surface area contributed by atoms with Crippen LogP contribution in [0.1, 0.15) is 17.1 Å². The van der Waals surface area contributed by atoms with Crippen LogP contribution < -0.4 is 15.4 Å². The lowest BCUT2D eigenvalue weighted by atomic mass is 10.3. The highest BCUT2D eigenvalue weighted by molar-refractivity contribution is 7.09. The highest BCUT2D eigenvalue weighted by Crippen LogP contribution is 2.10. The van der Waals surface area contributed by atoms with Gasteiger partial charge in [0.1, 0.15) is 12.4 Å². The van der Waals surface area contributed by atoms with Crippen molar-refractivity contribution in [3.05, 3.63) is 46.4 Å². The van der Waals surface area contributed by atoms with Gasteiger partial charge in [-0.15, -0.1) is 11.3 Å². The average Bonchev–Trinajstić information content (AvgIpc) is 2.99. The standard InChI is InChI=1S/C17H24N4OS/c1-14-13-23-16(21-14)9-6-10-19-17(18-2)20-11-12-22-15-7-4-3-5-8-15/h3-5,7-8,13H,6,9-12H2,1-2H3,(H2,18,19,20). The van der Waals surface area contributed by atoms with E-state index in [0.29, 0.717) is 13.2 Å². The molecule has 0 saturated heterocycles. The SMILES string of the molecule is CN=C(NCCCc1nc(C)cs1)NCCOc1ccccc1. The number of thiazole rings is 1. The number of nitrogens with zero attached hydrogens (tertiary/aromatic N) is 2. The van der Waals surface area contributed by atoms with Gasteiger partial charge in [0.15, 0.2) is 5.96 Å². The van der Waals surface area contributed by atoms with Crippen LogP contribution in [0.3, 0.4) is 0 Å². The number of benzene rings is 1. The summed E-state index contributed by atoms with van der Waals surface area (Å²) in [4.78, 5) is 8.67. The van der Waals surface area contributed by atoms with E-state index in [1.807, 2.05) is 37.3 Å². The summed E-state index contributed by atoms with van der Waals surface area (Å²) in [6.45, 7) is 4.21. The van der Waals surface area contributed by atoms with Crippen molar-refractivity contribution in [3.63, 3.8) is 0 Å². The summed E-state index contributed by atoms with van der Waals surface area (Å²) in [5.74, 6) is 1.69. The molecule has 2 N–H and O–H groups in total. The van der Waals surface area contributed by atoms with Gasteiger partial charge >= 0.3 is 0 Å². The van der Waals surface area contributed by atoms with Crippen molar-refractivity contribution < 1.29 is 4.74 Å². The maximum atomic E-state index is 5.63. The molecular formula is C17H24N4OS. The van der Waals surface area contributed by atoms with Crippen LogP contribution >= 0.6 is 11.3 Å². The lowest BCUT2D eigenvalue weighted by Crippen LogP contribution is -2.39. The van der Waals surface area contributed by atoms with E-state index in [-0.39, 0.29) is 0 Å². The first-order valence-corrected chi connectivity index (χ1v) is 8.69. The van der Waals surface area contributed by atoms with Gasteiger partial charge in [-0.25, -0.2) is 4.98 Å². The van der Waals surface area contributed by atoms with Crippen LogP contribution in [0.15, 0.2) is 40.7 Å². The molecule has 0 bridgehead atoms. The summed E-state index contributed by atoms with van der Waals surface area (Å²) in [5.41, 5.74) is 1.11. The Morgan fingerprint density at radius 1 is 1.22 bits per heavy atom. The van der Waals surface area contributed by atoms with E-state index in [1.165, 1.54) is 5.01 Å². The van der Waals surface area contributed by atoms with Crippen LogP contribution in [0.25, 0.3) is 0 Å². The number of para-hydroxylation sites is 1. The number of aliphatic imine (C=N–C) groups is 1. The van der Waals surface area contributed by atoms with Crippen molar-refractivity contribution in [1.82, 2.24) is 15.6 Å². The number of nitrogens with one attached hydrogen (secondary N) is 2. The number of ether oxygens (including phenoxy) is 1. The van der Waals surface area contributed by atoms with Crippen LogP contribution in [-0.4, -0.2) is 37.7 Å². The monoisotopic (exact) mass is 332 g/mol. The van der Waals surface area contributed by atoms with Gasteiger partial charge in [-0.1, -0.05) is 18.2 Å². The van der Waals surface area contributed by atoms with E-state index < -0.39 is 0 Å². The second-order valence-electron chi connectivity index (χ2n) is 5.07. The zero-order chi connectivity index (χ0) is 16.3. The largest absolute Gasteiger partial charge is 0.492 e. The maximum absolute atomic E-state index is 5.63. The van der Waals surface area contributed by atoms with Gasteiger partial charge < -0.3 is 15.4 Å². The van der Waals surface area contributed by atoms with Crippen molar-refractivity contribution in [2.45, 2.75) is 19.8 Å². The molecule has 0 aliphatic heterocycles. The minimum Gasteiger partial charge on any atom is -0.492 e. The van der Waals surface area contributed by atoms with Crippen LogP contribution in [0.4, 0.5) is 0 Å². The summed E-state index contributed by atoms with van der Waals surface area (Å²) >= 11 is 1.73. The van der Waals surface area contributed by atoms with Crippen molar-refractivity contribution in [1.29, 1.82) is 0 Å². The lowest BCUT2D eigenvalue weighted by molar-refractivity contribution is 0.322. The minimum absolute atomic E-state index is 0.600. The molecule has 23 heavy (non-hydrogen) atoms. The van der Waals surface area contributed by atoms with Gasteiger partial charge in [-0.05, 0) is 25.5 Å². The van der Waals surface area contributed by atoms with Crippen LogP contribution in [-0.2, 0) is 6.42 Å². The van der Waals surface area contributed by atoms with Crippen LogP contribution in [0.5, 0.6) is 5.75 Å². The van der Waals surface area contributed by atoms with E-state index in [0.717, 1.165) is 36.8 Å². The van der Waals surface area contributed by atoms with E-state index in [9.17, 15) is 0 Å². The molecule has 0 atom stereocenters. The predicted molar refractivity (Wildman–Crippen MR) is 96.5 cm³/mol. The highest BCUT2D eigenvalue weighted by atomic mass is 32.1. The summed E-state index contributed by atoms with van der Waals surface area (Å²) < 4.78 is 5.63. The molecule has 6 heteroatoms. The fourth-order valence-corrected chi connectivity index (χ4v) is 2.86. The molecule has 0 amide bonds. The third kappa shape index (κ3) is 6.69. The molecule has 0 spiro atoms. The van der Waals surface area contributed by atoms with Gasteiger partial charge in [0.2, 0.25) is 0 Å². The van der Waals surface area contributed by atoms with E-state index in [2.05, 4.69) is 26.0 Å². The summed E-state index contributed by atoms with van der Waals surface area (Å²) in [5, 5.41) is 9.84. The maximum Gasteiger partial charge on any atom is 0.191 e. The van der Waals surface area contributed by atoms with Gasteiger partial charge in [-0.2, -0.15) is 0 Å². The number of hydrogen-bond donors (Lipinski definition) is 2. The normalized spacial score (nSPS) is 11.3. The molecule has 0 saturated carbocycles. The molecule has 5 nitrogen and oxygen atoms in total. The smallest absolute Gasteiger partial charge is 0.191 e. The molecule has 0 aliphatic carbocycles. The Labute approximate surface area is 141 Å². The molecule has 1 heterocycles. The quantitative estimate of drug-likeness (QED) is 0.443. The fraction of sp³-hybridized carbons (Fsp3) is 0.412. The third-order valence-corrected chi connectivity index (χ3v) is 4.18. The van der Waals surface area contributed by atoms with Crippen LogP contribution in [0.2, 0.25) is 0 Å². The van der Waals surface area contributed by atoms with Gasteiger partial charge in [0, 0.05) is 31.1 Å². The first-order chi connectivity index (χ1) is 11.3. The zero-order valence-electron chi connectivity index (χ0n) is 13.7. The van der Waals surface area contributed by atoms with E-state index >= 15 is 0 Å². The second kappa shape index (κ2) is 9.84. The first kappa shape index (κ1) is 17.3. The predicted octanol–water partition coefficient (Wildman–Crippen LogP) is 2.63. The summed E-state index contributed by atoms with van der Waals surface area (Å²) in [6, 6.07) is 9.81. The Morgan fingerprint density at radius 2 is 2.00 bits per heavy atom. The molecule has 124 valence electrons. The van der Waals surface area contributed by atoms with E-state index in [1.54, 1.807) is 18.4 Å². The number of aryl methyl sites for hydroxylation is 2. The first-order valence-electron chi connectivity index (χ1n) is 7.81. The Balaban J connectivity index is 1.56. The molecule has 0 aliphatic rings. The van der Waals surface area contributed by atoms with Gasteiger partial charge in [0.25, 0.3) is 0 Å². The molecule has 1 aromatic heterocycles. The molecule has 2 aromatic rings. The Morgan fingerprint density at radius 3 is 2.70 bits per heavy atom. The van der Waals surface area contributed by atoms with Gasteiger partial charge in [-0.3, -0.25) is 4.99 Å². The Hall–Kier alpha value is -2.08. The molecular weight excluding hydrogens is 308 g/mol. The average molecular weight is 332 g/mol. The number of hydrogen-bond acceptors (Lipinski definition) is 4. The lowest BCUT2D eigenvalue weighted by Gasteiger charge is -2.12. The Bertz CT molecular complexity index is 598. The zero-order valence-corrected chi connectivity index (χ0v) is 14.5. The van der Waals surface area contributed by atoms with Crippen molar-refractivity contribution in [2.75, 3.05) is 26.7 Å². The minimum atomic E-state index is 0.600. The number of rotatable bonds is 8. The van der Waals surface area contributed by atoms with Gasteiger partial charge in [0.05, 0.1) is 11.6 Å². The molecule has 0 unspecified atom stereocenters. The summed E-state index contributed by atoms with van der Waals surface area (Å²) in [7, 11) is 1.78. The number of aromatic nitrogens is 1. The van der Waals surface area contributed by atoms with Crippen molar-refractivity contribution in [3.8, 4) is 5.75 Å². The summed E-state index contributed by atoms with van der Waals surface area (Å²) in [6.07, 6.45) is 2.04. The molecule has 0 fully saturated rings. The third-order valence-electron chi connectivity index (χ3n) is 3.16. The Kier molecular flexibility index (Phi) is 7.39.